The van der Waals surface area contributed by atoms with Crippen LogP contribution in [0, 0.1) is 0 Å². The third kappa shape index (κ3) is 3.57. The van der Waals surface area contributed by atoms with Crippen molar-refractivity contribution in [1.29, 1.82) is 0 Å². The van der Waals surface area contributed by atoms with Gasteiger partial charge in [0.1, 0.15) is 0 Å². The van der Waals surface area contributed by atoms with Crippen molar-refractivity contribution in [3.8, 4) is 44.5 Å². The Morgan fingerprint density at radius 2 is 1.00 bits per heavy atom. The van der Waals surface area contributed by atoms with Crippen LogP contribution in [0.3, 0.4) is 0 Å². The third-order valence-electron chi connectivity index (χ3n) is 12.5. The highest BCUT2D eigenvalue weighted by Crippen LogP contribution is 2.63. The van der Waals surface area contributed by atoms with Crippen molar-refractivity contribution in [1.82, 2.24) is 4.90 Å². The molecule has 2 aliphatic heterocycles. The Bertz CT molecular complexity index is 2400. The van der Waals surface area contributed by atoms with Gasteiger partial charge in [0.25, 0.3) is 0 Å². The number of hydrogen-bond donors (Lipinski definition) is 0. The molecule has 0 saturated carbocycles. The summed E-state index contributed by atoms with van der Waals surface area (Å²) in [6.07, 6.45) is 2.30. The lowest BCUT2D eigenvalue weighted by Gasteiger charge is -2.41. The summed E-state index contributed by atoms with van der Waals surface area (Å²) in [4.78, 5) is 10.0. The second kappa shape index (κ2) is 10.1. The quantitative estimate of drug-likeness (QED) is 0.186. The van der Waals surface area contributed by atoms with Crippen LogP contribution in [0.1, 0.15) is 60.1 Å². The molecule has 2 heterocycles. The number of nitrogens with zero attached hydrogens (tertiary/aromatic N) is 3. The van der Waals surface area contributed by atoms with Crippen molar-refractivity contribution in [2.24, 2.45) is 4.99 Å². The van der Waals surface area contributed by atoms with E-state index >= 15 is 0 Å². The topological polar surface area (TPSA) is 18.8 Å². The van der Waals surface area contributed by atoms with Crippen LogP contribution in [0.2, 0.25) is 0 Å². The lowest BCUT2D eigenvalue weighted by atomic mass is 9.70. The van der Waals surface area contributed by atoms with Crippen molar-refractivity contribution < 1.29 is 0 Å². The number of anilines is 1. The molecule has 5 aliphatic rings. The fourth-order valence-corrected chi connectivity index (χ4v) is 10.2. The monoisotopic (exact) mass is 645 g/mol. The Morgan fingerprint density at radius 1 is 0.480 bits per heavy atom. The van der Waals surface area contributed by atoms with Gasteiger partial charge in [0.2, 0.25) is 5.96 Å². The van der Waals surface area contributed by atoms with Crippen LogP contribution in [-0.2, 0) is 10.8 Å². The van der Waals surface area contributed by atoms with Gasteiger partial charge in [0.05, 0.1) is 5.41 Å². The van der Waals surface area contributed by atoms with E-state index in [1.54, 1.807) is 0 Å². The van der Waals surface area contributed by atoms with Crippen molar-refractivity contribution in [3.63, 3.8) is 0 Å². The van der Waals surface area contributed by atoms with Crippen molar-refractivity contribution >= 4 is 11.6 Å². The Balaban J connectivity index is 1.14. The molecule has 3 nitrogen and oxygen atoms in total. The van der Waals surface area contributed by atoms with Crippen molar-refractivity contribution in [3.05, 3.63) is 161 Å². The Labute approximate surface area is 294 Å². The van der Waals surface area contributed by atoms with E-state index in [1.807, 2.05) is 0 Å². The largest absolute Gasteiger partial charge is 0.342 e. The van der Waals surface area contributed by atoms with Gasteiger partial charge in [-0.2, -0.15) is 0 Å². The van der Waals surface area contributed by atoms with Crippen LogP contribution in [0.5, 0.6) is 0 Å². The summed E-state index contributed by atoms with van der Waals surface area (Å²) >= 11 is 0. The molecule has 0 radical (unpaired) electrons. The molecule has 6 aromatic carbocycles. The Morgan fingerprint density at radius 3 is 1.70 bits per heavy atom. The van der Waals surface area contributed by atoms with E-state index < -0.39 is 5.41 Å². The van der Waals surface area contributed by atoms with Gasteiger partial charge in [-0.1, -0.05) is 117 Å². The fourth-order valence-electron chi connectivity index (χ4n) is 10.2. The minimum Gasteiger partial charge on any atom is -0.342 e. The van der Waals surface area contributed by atoms with Crippen molar-refractivity contribution in [2.75, 3.05) is 31.1 Å². The molecule has 0 amide bonds. The molecule has 0 N–H and O–H groups in total. The first-order valence-corrected chi connectivity index (χ1v) is 18.4. The normalized spacial score (nSPS) is 18.1. The first kappa shape index (κ1) is 28.4. The van der Waals surface area contributed by atoms with Gasteiger partial charge in [-0.15, -0.1) is 0 Å². The Kier molecular flexibility index (Phi) is 5.73. The molecule has 3 aliphatic carbocycles. The molecule has 0 aromatic heterocycles. The molecule has 0 bridgehead atoms. The van der Waals surface area contributed by atoms with E-state index in [0.29, 0.717) is 0 Å². The summed E-state index contributed by atoms with van der Waals surface area (Å²) in [5.41, 5.74) is 19.8. The second-order valence-electron chi connectivity index (χ2n) is 15.3. The van der Waals surface area contributed by atoms with Crippen LogP contribution >= 0.6 is 0 Å². The number of hydrogen-bond acceptors (Lipinski definition) is 3. The number of rotatable bonds is 2. The summed E-state index contributed by atoms with van der Waals surface area (Å²) in [6.45, 7) is 8.87. The van der Waals surface area contributed by atoms with Gasteiger partial charge < -0.3 is 9.80 Å². The van der Waals surface area contributed by atoms with Crippen molar-refractivity contribution in [2.45, 2.75) is 37.5 Å². The van der Waals surface area contributed by atoms with Gasteiger partial charge in [0, 0.05) is 37.3 Å². The molecule has 1 spiro atoms. The van der Waals surface area contributed by atoms with E-state index in [-0.39, 0.29) is 5.41 Å². The number of fused-ring (bicyclic) bond motifs is 14. The minimum atomic E-state index is -0.403. The zero-order chi connectivity index (χ0) is 33.2. The third-order valence-corrected chi connectivity index (χ3v) is 12.5. The molecule has 6 aromatic rings. The average molecular weight is 646 g/mol. The molecule has 50 heavy (non-hydrogen) atoms. The van der Waals surface area contributed by atoms with E-state index in [2.05, 4.69) is 151 Å². The van der Waals surface area contributed by atoms with Gasteiger partial charge in [-0.25, -0.2) is 0 Å². The summed E-state index contributed by atoms with van der Waals surface area (Å²) in [5.74, 6) is 1.16. The highest BCUT2D eigenvalue weighted by atomic mass is 15.4. The van der Waals surface area contributed by atoms with Crippen LogP contribution in [0.4, 0.5) is 5.69 Å². The molecular formula is C47H39N3. The lowest BCUT2D eigenvalue weighted by molar-refractivity contribution is 0.360. The average Bonchev–Trinajstić information content (AvgIpc) is 3.72. The molecule has 1 saturated heterocycles. The summed E-state index contributed by atoms with van der Waals surface area (Å²) < 4.78 is 0. The maximum absolute atomic E-state index is 5.06. The van der Waals surface area contributed by atoms with E-state index in [1.165, 1.54) is 83.6 Å². The highest BCUT2D eigenvalue weighted by molar-refractivity contribution is 6.00. The van der Waals surface area contributed by atoms with Crippen LogP contribution < -0.4 is 4.90 Å². The molecule has 0 unspecified atom stereocenters. The van der Waals surface area contributed by atoms with Gasteiger partial charge in [-0.05, 0) is 115 Å². The van der Waals surface area contributed by atoms with Crippen LogP contribution in [0.25, 0.3) is 44.5 Å². The van der Waals surface area contributed by atoms with E-state index in [9.17, 15) is 0 Å². The molecule has 11 rings (SSSR count). The maximum atomic E-state index is 5.06. The fraction of sp³-hybridized carbons (Fsp3) is 0.213. The molecule has 1 fully saturated rings. The number of aliphatic imine (C=N–C) groups is 1. The van der Waals surface area contributed by atoms with Gasteiger partial charge in [0.15, 0.2) is 0 Å². The minimum absolute atomic E-state index is 0.0392. The zero-order valence-corrected chi connectivity index (χ0v) is 28.7. The summed E-state index contributed by atoms with van der Waals surface area (Å²) in [6, 6.07) is 49.0. The summed E-state index contributed by atoms with van der Waals surface area (Å²) in [7, 11) is 0. The molecule has 3 heteroatoms. The predicted molar refractivity (Wildman–Crippen MR) is 206 cm³/mol. The van der Waals surface area contributed by atoms with E-state index in [4.69, 9.17) is 4.99 Å². The molecule has 0 atom stereocenters. The number of benzene rings is 6. The highest BCUT2D eigenvalue weighted by Gasteiger charge is 2.52. The van der Waals surface area contributed by atoms with Crippen LogP contribution in [-0.4, -0.2) is 37.0 Å². The predicted octanol–water partition coefficient (Wildman–Crippen LogP) is 10.3. The number of guanidine groups is 1. The zero-order valence-electron chi connectivity index (χ0n) is 28.7. The van der Waals surface area contributed by atoms with Crippen LogP contribution in [0.15, 0.2) is 132 Å². The first-order chi connectivity index (χ1) is 24.5. The first-order valence-electron chi connectivity index (χ1n) is 18.4. The van der Waals surface area contributed by atoms with Gasteiger partial charge >= 0.3 is 0 Å². The maximum Gasteiger partial charge on any atom is 0.201 e. The standard InChI is InChI=1S/C47H39N3/c1-46(2)39-14-6-3-11-33(39)36-20-17-30(27-42(36)46)31-18-21-37-38-22-19-32(50-26-10-25-49-24-9-23-48-45(49)50)29-44(38)47(43(37)28-31)40-15-7-4-12-34(40)35-13-5-8-16-41(35)47/h3-8,11-22,27-29H,9-10,23-26H2,1-2H3. The second-order valence-corrected chi connectivity index (χ2v) is 15.3. The Hall–Kier alpha value is -5.41. The molecular weight excluding hydrogens is 607 g/mol. The summed E-state index contributed by atoms with van der Waals surface area (Å²) in [5, 5.41) is 0. The SMILES string of the molecule is CC1(C)c2ccccc2-c2ccc(-c3ccc4c(c3)C3(c5ccccc5-c5ccccc53)c3cc(N5CCCN6CCCN=C65)ccc3-4)cc21. The molecule has 242 valence electrons. The van der Waals surface area contributed by atoms with E-state index in [0.717, 1.165) is 45.0 Å². The smallest absolute Gasteiger partial charge is 0.201 e. The van der Waals surface area contributed by atoms with Gasteiger partial charge in [-0.3, -0.25) is 4.99 Å². The lowest BCUT2D eigenvalue weighted by Crippen LogP contribution is -2.52.